The maximum absolute atomic E-state index is 13.3. The summed E-state index contributed by atoms with van der Waals surface area (Å²) in [7, 11) is 0. The predicted octanol–water partition coefficient (Wildman–Crippen LogP) is 2.72. The lowest BCUT2D eigenvalue weighted by atomic mass is 10.1. The summed E-state index contributed by atoms with van der Waals surface area (Å²) in [4.78, 5) is 27.4. The Morgan fingerprint density at radius 1 is 1.20 bits per heavy atom. The van der Waals surface area contributed by atoms with Crippen molar-refractivity contribution in [1.82, 2.24) is 10.2 Å². The summed E-state index contributed by atoms with van der Waals surface area (Å²) in [6.07, 6.45) is 1.35. The van der Waals surface area contributed by atoms with E-state index in [4.69, 9.17) is 24.1 Å². The molecule has 10 heteroatoms. The molecular formula is C25H40N2O8. The predicted molar refractivity (Wildman–Crippen MR) is 129 cm³/mol. The van der Waals surface area contributed by atoms with E-state index in [1.165, 1.54) is 0 Å². The normalized spacial score (nSPS) is 17.7. The number of alkyl carbamates (subject to hydrolysis) is 1. The standard InChI is InChI=1S/C25H40N2O8/c1-5-6-7-21(29)33-15-14-32-19-10-8-18(9-11-19)22(26-24(31)35-25(2,3)4)23(30)27-13-12-20(16-27)34-17-28/h8-11,20-22,28-29H,5-7,12-17H2,1-4H3,(H,26,31)/t20-,21?,22-/m0/s1. The van der Waals surface area contributed by atoms with Gasteiger partial charge in [0.25, 0.3) is 0 Å². The number of carbonyl (C=O) groups is 2. The van der Waals surface area contributed by atoms with Crippen molar-refractivity contribution in [3.8, 4) is 5.75 Å². The fourth-order valence-corrected chi connectivity index (χ4v) is 3.63. The van der Waals surface area contributed by atoms with Gasteiger partial charge >= 0.3 is 6.09 Å². The van der Waals surface area contributed by atoms with Crippen molar-refractivity contribution >= 4 is 12.0 Å². The largest absolute Gasteiger partial charge is 0.491 e. The first-order chi connectivity index (χ1) is 16.6. The second kappa shape index (κ2) is 14.2. The average molecular weight is 497 g/mol. The van der Waals surface area contributed by atoms with E-state index in [0.717, 1.165) is 12.8 Å². The third-order valence-corrected chi connectivity index (χ3v) is 5.36. The maximum atomic E-state index is 13.3. The summed E-state index contributed by atoms with van der Waals surface area (Å²) in [6.45, 7) is 8.20. The number of benzene rings is 1. The number of aliphatic hydroxyl groups excluding tert-OH is 2. The van der Waals surface area contributed by atoms with Gasteiger partial charge in [0.1, 0.15) is 30.8 Å². The molecule has 1 fully saturated rings. The van der Waals surface area contributed by atoms with Gasteiger partial charge in [-0.05, 0) is 57.7 Å². The molecular weight excluding hydrogens is 456 g/mol. The van der Waals surface area contributed by atoms with Gasteiger partial charge in [0.15, 0.2) is 6.29 Å². The molecule has 1 aromatic rings. The summed E-state index contributed by atoms with van der Waals surface area (Å²) in [5.41, 5.74) is -0.138. The highest BCUT2D eigenvalue weighted by Gasteiger charge is 2.34. The van der Waals surface area contributed by atoms with Crippen LogP contribution in [-0.2, 0) is 19.0 Å². The molecule has 1 aromatic carbocycles. The van der Waals surface area contributed by atoms with Crippen LogP contribution in [-0.4, -0.2) is 78.2 Å². The minimum atomic E-state index is -0.955. The molecule has 198 valence electrons. The summed E-state index contributed by atoms with van der Waals surface area (Å²) < 4.78 is 21.6. The van der Waals surface area contributed by atoms with Crippen LogP contribution in [0.2, 0.25) is 0 Å². The molecule has 2 amide bonds. The number of aliphatic hydroxyl groups is 2. The molecule has 1 aliphatic rings. The molecule has 35 heavy (non-hydrogen) atoms. The van der Waals surface area contributed by atoms with E-state index in [0.29, 0.717) is 37.2 Å². The van der Waals surface area contributed by atoms with Crippen LogP contribution in [0, 0.1) is 0 Å². The first kappa shape index (κ1) is 28.8. The number of nitrogens with one attached hydrogen (secondary N) is 1. The van der Waals surface area contributed by atoms with E-state index < -0.39 is 30.8 Å². The Morgan fingerprint density at radius 3 is 2.54 bits per heavy atom. The maximum Gasteiger partial charge on any atom is 0.408 e. The molecule has 3 N–H and O–H groups in total. The van der Waals surface area contributed by atoms with E-state index in [1.807, 2.05) is 6.92 Å². The lowest BCUT2D eigenvalue weighted by Gasteiger charge is -2.26. The Kier molecular flexibility index (Phi) is 11.7. The molecule has 0 saturated carbocycles. The van der Waals surface area contributed by atoms with Crippen molar-refractivity contribution in [2.24, 2.45) is 0 Å². The lowest BCUT2D eigenvalue weighted by Crippen LogP contribution is -2.44. The monoisotopic (exact) mass is 496 g/mol. The smallest absolute Gasteiger partial charge is 0.408 e. The minimum absolute atomic E-state index is 0.246. The van der Waals surface area contributed by atoms with Gasteiger partial charge in [-0.2, -0.15) is 0 Å². The molecule has 1 heterocycles. The number of carbonyl (C=O) groups excluding carboxylic acids is 2. The van der Waals surface area contributed by atoms with Gasteiger partial charge in [-0.1, -0.05) is 25.5 Å². The van der Waals surface area contributed by atoms with Crippen molar-refractivity contribution in [3.05, 3.63) is 29.8 Å². The van der Waals surface area contributed by atoms with Gasteiger partial charge in [0.2, 0.25) is 5.91 Å². The Balaban J connectivity index is 2.01. The highest BCUT2D eigenvalue weighted by Crippen LogP contribution is 2.24. The van der Waals surface area contributed by atoms with E-state index >= 15 is 0 Å². The summed E-state index contributed by atoms with van der Waals surface area (Å²) in [5.74, 6) is 0.282. The highest BCUT2D eigenvalue weighted by atomic mass is 16.6. The molecule has 0 aliphatic carbocycles. The first-order valence-electron chi connectivity index (χ1n) is 12.2. The zero-order valence-corrected chi connectivity index (χ0v) is 21.2. The second-order valence-electron chi connectivity index (χ2n) is 9.46. The Morgan fingerprint density at radius 2 is 1.91 bits per heavy atom. The number of amides is 2. The average Bonchev–Trinajstić information content (AvgIpc) is 3.27. The molecule has 1 unspecified atom stereocenters. The zero-order chi connectivity index (χ0) is 25.8. The molecule has 1 aliphatic heterocycles. The quantitative estimate of drug-likeness (QED) is 0.281. The zero-order valence-electron chi connectivity index (χ0n) is 21.2. The van der Waals surface area contributed by atoms with E-state index in [1.54, 1.807) is 49.9 Å². The van der Waals surface area contributed by atoms with Crippen LogP contribution in [0.25, 0.3) is 0 Å². The van der Waals surface area contributed by atoms with Gasteiger partial charge in [0.05, 0.1) is 12.7 Å². The Labute approximate surface area is 207 Å². The molecule has 0 aromatic heterocycles. The van der Waals surface area contributed by atoms with Crippen molar-refractivity contribution in [2.45, 2.75) is 77.4 Å². The van der Waals surface area contributed by atoms with Crippen LogP contribution in [0.3, 0.4) is 0 Å². The lowest BCUT2D eigenvalue weighted by molar-refractivity contribution is -0.133. The van der Waals surface area contributed by atoms with Crippen LogP contribution in [0.15, 0.2) is 24.3 Å². The molecule has 1 saturated heterocycles. The number of rotatable bonds is 13. The fraction of sp³-hybridized carbons (Fsp3) is 0.680. The molecule has 2 rings (SSSR count). The molecule has 0 spiro atoms. The van der Waals surface area contributed by atoms with Gasteiger partial charge in [-0.3, -0.25) is 4.79 Å². The summed E-state index contributed by atoms with van der Waals surface area (Å²) in [5, 5.41) is 21.4. The summed E-state index contributed by atoms with van der Waals surface area (Å²) >= 11 is 0. The minimum Gasteiger partial charge on any atom is -0.491 e. The van der Waals surface area contributed by atoms with Gasteiger partial charge in [0, 0.05) is 13.1 Å². The number of hydrogen-bond donors (Lipinski definition) is 3. The van der Waals surface area contributed by atoms with Gasteiger partial charge < -0.3 is 39.4 Å². The van der Waals surface area contributed by atoms with E-state index in [9.17, 15) is 14.7 Å². The van der Waals surface area contributed by atoms with E-state index in [-0.39, 0.29) is 25.2 Å². The van der Waals surface area contributed by atoms with Crippen molar-refractivity contribution in [3.63, 3.8) is 0 Å². The van der Waals surface area contributed by atoms with Crippen molar-refractivity contribution in [1.29, 1.82) is 0 Å². The van der Waals surface area contributed by atoms with Crippen LogP contribution in [0.4, 0.5) is 4.79 Å². The Bertz CT molecular complexity index is 781. The van der Waals surface area contributed by atoms with Crippen LogP contribution in [0.5, 0.6) is 5.75 Å². The van der Waals surface area contributed by atoms with E-state index in [2.05, 4.69) is 5.32 Å². The topological polar surface area (TPSA) is 127 Å². The van der Waals surface area contributed by atoms with Gasteiger partial charge in [-0.25, -0.2) is 4.79 Å². The number of likely N-dealkylation sites (tertiary alicyclic amines) is 1. The molecule has 10 nitrogen and oxygen atoms in total. The van der Waals surface area contributed by atoms with Gasteiger partial charge in [-0.15, -0.1) is 0 Å². The molecule has 0 radical (unpaired) electrons. The summed E-state index contributed by atoms with van der Waals surface area (Å²) in [6, 6.07) is 5.89. The number of hydrogen-bond acceptors (Lipinski definition) is 8. The Hall–Kier alpha value is -2.40. The molecule has 3 atom stereocenters. The van der Waals surface area contributed by atoms with Crippen LogP contribution < -0.4 is 10.1 Å². The third kappa shape index (κ3) is 10.4. The SMILES string of the molecule is CCCCC(O)OCCOc1ccc([C@H](NC(=O)OC(C)(C)C)C(=O)N2CC[C@H](OCO)C2)cc1. The van der Waals surface area contributed by atoms with Crippen molar-refractivity contribution < 1.29 is 38.7 Å². The van der Waals surface area contributed by atoms with Crippen LogP contribution >= 0.6 is 0 Å². The second-order valence-corrected chi connectivity index (χ2v) is 9.46. The van der Waals surface area contributed by atoms with Crippen LogP contribution in [0.1, 0.15) is 65.0 Å². The number of ether oxygens (including phenoxy) is 4. The first-order valence-corrected chi connectivity index (χ1v) is 12.2. The fourth-order valence-electron chi connectivity index (χ4n) is 3.63. The molecule has 0 bridgehead atoms. The highest BCUT2D eigenvalue weighted by molar-refractivity contribution is 5.87. The number of unbranched alkanes of at least 4 members (excludes halogenated alkanes) is 1. The van der Waals surface area contributed by atoms with Crippen molar-refractivity contribution in [2.75, 3.05) is 33.1 Å². The third-order valence-electron chi connectivity index (χ3n) is 5.36. The number of nitrogens with zero attached hydrogens (tertiary/aromatic N) is 1.